The molecule has 0 unspecified atom stereocenters. The first-order valence-electron chi connectivity index (χ1n) is 8.19. The number of sulfonamides is 1. The van der Waals surface area contributed by atoms with E-state index in [0.29, 0.717) is 0 Å². The zero-order chi connectivity index (χ0) is 19.6. The van der Waals surface area contributed by atoms with Gasteiger partial charge in [0.25, 0.3) is 0 Å². The molecule has 2 rings (SSSR count). The van der Waals surface area contributed by atoms with E-state index in [2.05, 4.69) is 4.72 Å². The van der Waals surface area contributed by atoms with Crippen LogP contribution in [0.2, 0.25) is 0 Å². The third kappa shape index (κ3) is 5.60. The SMILES string of the molecule is O=S(=O)(NCC1CCCCCC1)c1cc(C(F)(F)F)cc(C(F)(F)F)c1. The molecule has 0 bridgehead atoms. The molecule has 0 atom stereocenters. The molecule has 0 amide bonds. The van der Waals surface area contributed by atoms with E-state index >= 15 is 0 Å². The smallest absolute Gasteiger partial charge is 0.211 e. The van der Waals surface area contributed by atoms with E-state index in [-0.39, 0.29) is 30.7 Å². The molecule has 1 aliphatic rings. The second-order valence-electron chi connectivity index (χ2n) is 6.45. The van der Waals surface area contributed by atoms with Gasteiger partial charge in [0.15, 0.2) is 0 Å². The third-order valence-electron chi connectivity index (χ3n) is 4.41. The van der Waals surface area contributed by atoms with Gasteiger partial charge in [-0.3, -0.25) is 0 Å². The zero-order valence-electron chi connectivity index (χ0n) is 13.8. The summed E-state index contributed by atoms with van der Waals surface area (Å²) < 4.78 is 104. The fraction of sp³-hybridized carbons (Fsp3) is 0.625. The van der Waals surface area contributed by atoms with Crippen molar-refractivity contribution in [3.63, 3.8) is 0 Å². The van der Waals surface area contributed by atoms with Crippen LogP contribution in [0.25, 0.3) is 0 Å². The number of rotatable bonds is 4. The second kappa shape index (κ2) is 7.75. The van der Waals surface area contributed by atoms with Crippen LogP contribution in [-0.4, -0.2) is 15.0 Å². The molecule has 1 aromatic carbocycles. The molecule has 0 aliphatic heterocycles. The minimum Gasteiger partial charge on any atom is -0.211 e. The topological polar surface area (TPSA) is 46.2 Å². The summed E-state index contributed by atoms with van der Waals surface area (Å²) in [5, 5.41) is 0. The van der Waals surface area contributed by atoms with Crippen LogP contribution in [-0.2, 0) is 22.4 Å². The lowest BCUT2D eigenvalue weighted by molar-refractivity contribution is -0.143. The summed E-state index contributed by atoms with van der Waals surface area (Å²) in [6, 6.07) is 0.361. The minimum absolute atomic E-state index is 0.0000694. The van der Waals surface area contributed by atoms with Gasteiger partial charge >= 0.3 is 12.4 Å². The Hall–Kier alpha value is -1.29. The lowest BCUT2D eigenvalue weighted by atomic mass is 10.0. The van der Waals surface area contributed by atoms with E-state index in [4.69, 9.17) is 0 Å². The lowest BCUT2D eigenvalue weighted by Gasteiger charge is -2.17. The van der Waals surface area contributed by atoms with Crippen molar-refractivity contribution in [1.82, 2.24) is 4.72 Å². The predicted molar refractivity (Wildman–Crippen MR) is 82.8 cm³/mol. The Bertz CT molecular complexity index is 687. The summed E-state index contributed by atoms with van der Waals surface area (Å²) in [6.07, 6.45) is -4.71. The normalized spacial score (nSPS) is 17.9. The molecular formula is C16H19F6NO2S. The van der Waals surface area contributed by atoms with Gasteiger partial charge in [0, 0.05) is 6.54 Å². The molecule has 0 saturated heterocycles. The molecule has 1 N–H and O–H groups in total. The quantitative estimate of drug-likeness (QED) is 0.570. The van der Waals surface area contributed by atoms with Gasteiger partial charge in [-0.05, 0) is 37.0 Å². The summed E-state index contributed by atoms with van der Waals surface area (Å²) in [7, 11) is -4.49. The van der Waals surface area contributed by atoms with Crippen molar-refractivity contribution in [2.45, 2.75) is 55.8 Å². The van der Waals surface area contributed by atoms with E-state index in [9.17, 15) is 34.8 Å². The summed E-state index contributed by atoms with van der Waals surface area (Å²) in [6.45, 7) is -0.0000694. The van der Waals surface area contributed by atoms with Crippen LogP contribution in [0.4, 0.5) is 26.3 Å². The first-order chi connectivity index (χ1) is 11.9. The van der Waals surface area contributed by atoms with Crippen molar-refractivity contribution >= 4 is 10.0 Å². The van der Waals surface area contributed by atoms with Gasteiger partial charge < -0.3 is 0 Å². The summed E-state index contributed by atoms with van der Waals surface area (Å²) in [4.78, 5) is -1.03. The van der Waals surface area contributed by atoms with Crippen LogP contribution in [0.5, 0.6) is 0 Å². The fourth-order valence-corrected chi connectivity index (χ4v) is 4.15. The zero-order valence-corrected chi connectivity index (χ0v) is 14.6. The van der Waals surface area contributed by atoms with Gasteiger partial charge in [0.2, 0.25) is 10.0 Å². The van der Waals surface area contributed by atoms with Crippen molar-refractivity contribution in [1.29, 1.82) is 0 Å². The molecule has 0 heterocycles. The van der Waals surface area contributed by atoms with Gasteiger partial charge in [-0.25, -0.2) is 13.1 Å². The van der Waals surface area contributed by atoms with E-state index < -0.39 is 38.4 Å². The Morgan fingerprint density at radius 3 is 1.73 bits per heavy atom. The van der Waals surface area contributed by atoms with Gasteiger partial charge in [-0.1, -0.05) is 25.7 Å². The lowest BCUT2D eigenvalue weighted by Crippen LogP contribution is -2.30. The number of halogens is 6. The van der Waals surface area contributed by atoms with Crippen molar-refractivity contribution in [3.8, 4) is 0 Å². The number of nitrogens with one attached hydrogen (secondary N) is 1. The molecule has 1 aromatic rings. The summed E-state index contributed by atoms with van der Waals surface area (Å²) in [5.74, 6) is 0.0279. The van der Waals surface area contributed by atoms with Crippen molar-refractivity contribution in [2.24, 2.45) is 5.92 Å². The van der Waals surface area contributed by atoms with E-state index in [0.717, 1.165) is 38.5 Å². The highest BCUT2D eigenvalue weighted by molar-refractivity contribution is 7.89. The standard InChI is InChI=1S/C16H19F6NO2S/c17-15(18,19)12-7-13(16(20,21)22)9-14(8-12)26(24,25)23-10-11-5-3-1-2-4-6-11/h7-9,11,23H,1-6,10H2. The predicted octanol–water partition coefficient (Wildman–Crippen LogP) is 4.97. The maximum absolute atomic E-state index is 12.9. The van der Waals surface area contributed by atoms with Crippen LogP contribution >= 0.6 is 0 Å². The van der Waals surface area contributed by atoms with Crippen LogP contribution < -0.4 is 4.72 Å². The van der Waals surface area contributed by atoms with Crippen LogP contribution in [0.1, 0.15) is 49.7 Å². The molecular weight excluding hydrogens is 384 g/mol. The largest absolute Gasteiger partial charge is 0.416 e. The maximum Gasteiger partial charge on any atom is 0.416 e. The molecule has 3 nitrogen and oxygen atoms in total. The fourth-order valence-electron chi connectivity index (χ4n) is 2.96. The number of hydrogen-bond donors (Lipinski definition) is 1. The summed E-state index contributed by atoms with van der Waals surface area (Å²) in [5.41, 5.74) is -3.30. The maximum atomic E-state index is 12.9. The van der Waals surface area contributed by atoms with Gasteiger partial charge in [-0.2, -0.15) is 26.3 Å². The Balaban J connectivity index is 2.29. The first kappa shape index (κ1) is 21.0. The first-order valence-corrected chi connectivity index (χ1v) is 9.67. The molecule has 1 fully saturated rings. The van der Waals surface area contributed by atoms with Crippen LogP contribution in [0.15, 0.2) is 23.1 Å². The van der Waals surface area contributed by atoms with Gasteiger partial charge in [0.1, 0.15) is 0 Å². The number of alkyl halides is 6. The molecule has 26 heavy (non-hydrogen) atoms. The average molecular weight is 403 g/mol. The summed E-state index contributed by atoms with van der Waals surface area (Å²) >= 11 is 0. The van der Waals surface area contributed by atoms with Gasteiger partial charge in [0.05, 0.1) is 16.0 Å². The Kier molecular flexibility index (Phi) is 6.27. The molecule has 1 saturated carbocycles. The highest BCUT2D eigenvalue weighted by atomic mass is 32.2. The van der Waals surface area contributed by atoms with E-state index in [1.165, 1.54) is 0 Å². The molecule has 0 spiro atoms. The highest BCUT2D eigenvalue weighted by Crippen LogP contribution is 2.37. The van der Waals surface area contributed by atoms with Crippen LogP contribution in [0.3, 0.4) is 0 Å². The molecule has 0 radical (unpaired) electrons. The highest BCUT2D eigenvalue weighted by Gasteiger charge is 2.38. The Morgan fingerprint density at radius 1 is 0.846 bits per heavy atom. The van der Waals surface area contributed by atoms with Crippen molar-refractivity contribution in [3.05, 3.63) is 29.3 Å². The van der Waals surface area contributed by atoms with Crippen molar-refractivity contribution < 1.29 is 34.8 Å². The molecule has 0 aromatic heterocycles. The minimum atomic E-state index is -5.09. The van der Waals surface area contributed by atoms with E-state index in [1.807, 2.05) is 0 Å². The molecule has 1 aliphatic carbocycles. The average Bonchev–Trinajstić information content (AvgIpc) is 2.79. The molecule has 148 valence electrons. The third-order valence-corrected chi connectivity index (χ3v) is 5.81. The van der Waals surface area contributed by atoms with Crippen molar-refractivity contribution in [2.75, 3.05) is 6.54 Å². The molecule has 10 heteroatoms. The van der Waals surface area contributed by atoms with Gasteiger partial charge in [-0.15, -0.1) is 0 Å². The Morgan fingerprint density at radius 2 is 1.31 bits per heavy atom. The number of hydrogen-bond acceptors (Lipinski definition) is 2. The monoisotopic (exact) mass is 403 g/mol. The van der Waals surface area contributed by atoms with E-state index in [1.54, 1.807) is 0 Å². The van der Waals surface area contributed by atoms with Crippen LogP contribution in [0, 0.1) is 5.92 Å². The Labute approximate surface area is 147 Å². The number of benzene rings is 1. The second-order valence-corrected chi connectivity index (χ2v) is 8.22.